The molecular formula is C17H14BrClN2O3. The molecule has 1 fully saturated rings. The van der Waals surface area contributed by atoms with Crippen LogP contribution in [0.5, 0.6) is 5.75 Å². The highest BCUT2D eigenvalue weighted by Crippen LogP contribution is 2.48. The average molecular weight is 410 g/mol. The van der Waals surface area contributed by atoms with Gasteiger partial charge in [0, 0.05) is 9.50 Å². The van der Waals surface area contributed by atoms with Crippen molar-refractivity contribution in [2.75, 3.05) is 0 Å². The maximum atomic E-state index is 12.5. The molecule has 0 bridgehead atoms. The maximum absolute atomic E-state index is 12.5. The largest absolute Gasteiger partial charge is 0.507 e. The third kappa shape index (κ3) is 3.25. The summed E-state index contributed by atoms with van der Waals surface area (Å²) in [4.78, 5) is 24.6. The second-order valence-corrected chi connectivity index (χ2v) is 7.01. The van der Waals surface area contributed by atoms with Gasteiger partial charge in [-0.3, -0.25) is 20.4 Å². The van der Waals surface area contributed by atoms with E-state index in [0.29, 0.717) is 17.9 Å². The fourth-order valence-corrected chi connectivity index (χ4v) is 3.12. The van der Waals surface area contributed by atoms with Crippen LogP contribution in [0.1, 0.15) is 28.8 Å². The number of hydrogen-bond donors (Lipinski definition) is 3. The lowest BCUT2D eigenvalue weighted by Crippen LogP contribution is -2.46. The molecule has 1 saturated carbocycles. The van der Waals surface area contributed by atoms with Crippen LogP contribution in [0.3, 0.4) is 0 Å². The highest BCUT2D eigenvalue weighted by atomic mass is 79.9. The zero-order chi connectivity index (χ0) is 17.3. The number of nitrogens with one attached hydrogen (secondary N) is 2. The highest BCUT2D eigenvalue weighted by molar-refractivity contribution is 9.10. The molecule has 2 aromatic carbocycles. The van der Waals surface area contributed by atoms with E-state index in [4.69, 9.17) is 11.6 Å². The minimum Gasteiger partial charge on any atom is -0.507 e. The van der Waals surface area contributed by atoms with E-state index >= 15 is 0 Å². The first kappa shape index (κ1) is 16.8. The summed E-state index contributed by atoms with van der Waals surface area (Å²) in [5.74, 6) is -1.12. The second kappa shape index (κ2) is 6.45. The summed E-state index contributed by atoms with van der Waals surface area (Å²) in [5.41, 5.74) is 5.04. The molecule has 7 heteroatoms. The number of benzene rings is 2. The topological polar surface area (TPSA) is 78.4 Å². The lowest BCUT2D eigenvalue weighted by Gasteiger charge is -2.16. The van der Waals surface area contributed by atoms with E-state index in [-0.39, 0.29) is 17.2 Å². The molecule has 3 N–H and O–H groups in total. The lowest BCUT2D eigenvalue weighted by atomic mass is 9.95. The van der Waals surface area contributed by atoms with Crippen molar-refractivity contribution in [3.05, 3.63) is 63.1 Å². The fraction of sp³-hybridized carbons (Fsp3) is 0.176. The first-order valence-electron chi connectivity index (χ1n) is 7.28. The van der Waals surface area contributed by atoms with Gasteiger partial charge in [0.2, 0.25) is 5.91 Å². The van der Waals surface area contributed by atoms with Crippen LogP contribution in [0.25, 0.3) is 0 Å². The van der Waals surface area contributed by atoms with E-state index < -0.39 is 11.3 Å². The third-order valence-electron chi connectivity index (χ3n) is 4.05. The molecule has 0 radical (unpaired) electrons. The number of carbonyl (C=O) groups is 2. The Kier molecular flexibility index (Phi) is 4.51. The van der Waals surface area contributed by atoms with Crippen molar-refractivity contribution in [2.24, 2.45) is 0 Å². The molecule has 0 aliphatic heterocycles. The first-order valence-corrected chi connectivity index (χ1v) is 8.45. The van der Waals surface area contributed by atoms with Crippen molar-refractivity contribution >= 4 is 39.3 Å². The fourth-order valence-electron chi connectivity index (χ4n) is 2.55. The average Bonchev–Trinajstić information content (AvgIpc) is 3.36. The third-order valence-corrected chi connectivity index (χ3v) is 4.78. The van der Waals surface area contributed by atoms with Gasteiger partial charge in [0.1, 0.15) is 5.75 Å². The Morgan fingerprint density at radius 1 is 1.12 bits per heavy atom. The molecule has 1 aliphatic rings. The molecule has 124 valence electrons. The first-order chi connectivity index (χ1) is 11.4. The van der Waals surface area contributed by atoms with E-state index in [0.717, 1.165) is 10.0 Å². The van der Waals surface area contributed by atoms with Gasteiger partial charge in [-0.25, -0.2) is 0 Å². The number of carbonyl (C=O) groups excluding carboxylic acids is 2. The van der Waals surface area contributed by atoms with E-state index in [9.17, 15) is 14.7 Å². The number of phenols is 1. The molecule has 0 spiro atoms. The van der Waals surface area contributed by atoms with Crippen molar-refractivity contribution in [3.63, 3.8) is 0 Å². The molecule has 0 unspecified atom stereocenters. The van der Waals surface area contributed by atoms with Gasteiger partial charge < -0.3 is 5.11 Å². The Hall–Kier alpha value is -2.05. The summed E-state index contributed by atoms with van der Waals surface area (Å²) in [6.45, 7) is 0. The van der Waals surface area contributed by atoms with Gasteiger partial charge in [-0.1, -0.05) is 39.7 Å². The van der Waals surface area contributed by atoms with Crippen LogP contribution in [-0.4, -0.2) is 16.9 Å². The Morgan fingerprint density at radius 3 is 2.54 bits per heavy atom. The van der Waals surface area contributed by atoms with E-state index in [1.54, 1.807) is 0 Å². The Bertz CT molecular complexity index is 821. The molecule has 2 amide bonds. The van der Waals surface area contributed by atoms with Gasteiger partial charge in [0.15, 0.2) is 0 Å². The number of halogens is 2. The molecule has 0 atom stereocenters. The molecule has 5 nitrogen and oxygen atoms in total. The van der Waals surface area contributed by atoms with Gasteiger partial charge in [0.25, 0.3) is 5.91 Å². The van der Waals surface area contributed by atoms with Crippen molar-refractivity contribution in [3.8, 4) is 5.75 Å². The van der Waals surface area contributed by atoms with Crippen molar-refractivity contribution < 1.29 is 14.7 Å². The monoisotopic (exact) mass is 408 g/mol. The smallest absolute Gasteiger partial charge is 0.273 e. The van der Waals surface area contributed by atoms with Gasteiger partial charge in [-0.05, 0) is 48.7 Å². The standard InChI is InChI=1S/C17H14BrClN2O3/c18-11-3-1-2-10(8-11)17(6-7-17)16(24)21-20-15(23)13-9-12(19)4-5-14(13)22/h1-5,8-9,22H,6-7H2,(H,20,23)(H,21,24). The predicted octanol–water partition coefficient (Wildman–Crippen LogP) is 3.30. The molecule has 3 rings (SSSR count). The number of hydrogen-bond acceptors (Lipinski definition) is 3. The number of rotatable bonds is 3. The lowest BCUT2D eigenvalue weighted by molar-refractivity contribution is -0.124. The van der Waals surface area contributed by atoms with E-state index in [1.165, 1.54) is 18.2 Å². The number of amides is 2. The number of phenolic OH excluding ortho intramolecular Hbond substituents is 1. The Morgan fingerprint density at radius 2 is 1.88 bits per heavy atom. The quantitative estimate of drug-likeness (QED) is 0.681. The zero-order valence-corrected chi connectivity index (χ0v) is 14.8. The zero-order valence-electron chi connectivity index (χ0n) is 12.5. The van der Waals surface area contributed by atoms with Gasteiger partial charge in [-0.15, -0.1) is 0 Å². The SMILES string of the molecule is O=C(NNC(=O)C1(c2cccc(Br)c2)CC1)c1cc(Cl)ccc1O. The molecular weight excluding hydrogens is 396 g/mol. The summed E-state index contributed by atoms with van der Waals surface area (Å²) in [6.07, 6.45) is 1.43. The Balaban J connectivity index is 1.70. The summed E-state index contributed by atoms with van der Waals surface area (Å²) in [7, 11) is 0. The molecule has 1 aliphatic carbocycles. The molecule has 2 aromatic rings. The van der Waals surface area contributed by atoms with Crippen molar-refractivity contribution in [2.45, 2.75) is 18.3 Å². The maximum Gasteiger partial charge on any atom is 0.273 e. The predicted molar refractivity (Wildman–Crippen MR) is 93.8 cm³/mol. The molecule has 0 aromatic heterocycles. The normalized spacial score (nSPS) is 14.8. The summed E-state index contributed by atoms with van der Waals surface area (Å²) >= 11 is 9.22. The van der Waals surface area contributed by atoms with Crippen LogP contribution >= 0.6 is 27.5 Å². The van der Waals surface area contributed by atoms with Crippen molar-refractivity contribution in [1.29, 1.82) is 0 Å². The summed E-state index contributed by atoms with van der Waals surface area (Å²) in [5, 5.41) is 10.0. The van der Waals surface area contributed by atoms with Crippen LogP contribution < -0.4 is 10.9 Å². The van der Waals surface area contributed by atoms with Crippen LogP contribution in [0.15, 0.2) is 46.9 Å². The minimum absolute atomic E-state index is 0.00453. The molecule has 0 saturated heterocycles. The van der Waals surface area contributed by atoms with E-state index in [1.807, 2.05) is 24.3 Å². The minimum atomic E-state index is -0.631. The van der Waals surface area contributed by atoms with Crippen LogP contribution in [-0.2, 0) is 10.2 Å². The Labute approximate surface area is 152 Å². The number of hydrazine groups is 1. The molecule has 0 heterocycles. The highest BCUT2D eigenvalue weighted by Gasteiger charge is 2.51. The van der Waals surface area contributed by atoms with Gasteiger partial charge in [-0.2, -0.15) is 0 Å². The van der Waals surface area contributed by atoms with Gasteiger partial charge in [0.05, 0.1) is 11.0 Å². The second-order valence-electron chi connectivity index (χ2n) is 5.66. The van der Waals surface area contributed by atoms with Gasteiger partial charge >= 0.3 is 0 Å². The summed E-state index contributed by atoms with van der Waals surface area (Å²) < 4.78 is 0.895. The van der Waals surface area contributed by atoms with Crippen LogP contribution in [0.4, 0.5) is 0 Å². The number of aromatic hydroxyl groups is 1. The van der Waals surface area contributed by atoms with Crippen molar-refractivity contribution in [1.82, 2.24) is 10.9 Å². The van der Waals surface area contributed by atoms with Crippen LogP contribution in [0.2, 0.25) is 5.02 Å². The van der Waals surface area contributed by atoms with Crippen LogP contribution in [0, 0.1) is 0 Å². The molecule has 24 heavy (non-hydrogen) atoms. The van der Waals surface area contributed by atoms with E-state index in [2.05, 4.69) is 26.8 Å². The summed E-state index contributed by atoms with van der Waals surface area (Å²) in [6, 6.07) is 11.7.